The second kappa shape index (κ2) is 3.49. The number of rotatable bonds is 3. The molecule has 2 nitrogen and oxygen atoms in total. The number of nitrogens with one attached hydrogen (secondary N) is 1. The molecule has 2 heteroatoms. The van der Waals surface area contributed by atoms with E-state index in [-0.39, 0.29) is 0 Å². The molecule has 3 rings (SSSR count). The molecular weight excluding hydrogens is 172 g/mol. The molecular formula is C12H22N2. The van der Waals surface area contributed by atoms with E-state index in [4.69, 9.17) is 0 Å². The fourth-order valence-corrected chi connectivity index (χ4v) is 3.21. The van der Waals surface area contributed by atoms with Crippen LogP contribution in [0.3, 0.4) is 0 Å². The summed E-state index contributed by atoms with van der Waals surface area (Å²) in [6.07, 6.45) is 4.31. The predicted molar refractivity (Wildman–Crippen MR) is 58.2 cm³/mol. The van der Waals surface area contributed by atoms with Crippen LogP contribution in [-0.4, -0.2) is 37.1 Å². The minimum atomic E-state index is 0.849. The molecule has 1 saturated carbocycles. The summed E-state index contributed by atoms with van der Waals surface area (Å²) in [5.41, 5.74) is 0. The van der Waals surface area contributed by atoms with Crippen LogP contribution in [0.2, 0.25) is 0 Å². The topological polar surface area (TPSA) is 15.3 Å². The highest BCUT2D eigenvalue weighted by molar-refractivity contribution is 4.92. The smallest absolute Gasteiger partial charge is 0.0120 e. The van der Waals surface area contributed by atoms with E-state index in [1.165, 1.54) is 45.4 Å². The first kappa shape index (κ1) is 9.17. The van der Waals surface area contributed by atoms with Gasteiger partial charge < -0.3 is 10.2 Å². The van der Waals surface area contributed by atoms with Gasteiger partial charge in [0.2, 0.25) is 0 Å². The standard InChI is InChI=1S/C12H22N2/c1-9-6-11(9)7-13-12-3-5-14-4-2-10(12)8-14/h9-13H,2-8H2,1H3. The van der Waals surface area contributed by atoms with E-state index in [0.29, 0.717) is 0 Å². The third kappa shape index (κ3) is 1.70. The Morgan fingerprint density at radius 1 is 1.29 bits per heavy atom. The van der Waals surface area contributed by atoms with Gasteiger partial charge in [-0.1, -0.05) is 6.92 Å². The van der Waals surface area contributed by atoms with Gasteiger partial charge in [-0.2, -0.15) is 0 Å². The Kier molecular flexibility index (Phi) is 2.29. The minimum Gasteiger partial charge on any atom is -0.313 e. The van der Waals surface area contributed by atoms with E-state index in [2.05, 4.69) is 17.1 Å². The Balaban J connectivity index is 1.47. The highest BCUT2D eigenvalue weighted by atomic mass is 15.2. The zero-order chi connectivity index (χ0) is 9.54. The average Bonchev–Trinajstić information content (AvgIpc) is 2.75. The summed E-state index contributed by atoms with van der Waals surface area (Å²) in [6.45, 7) is 7.75. The maximum atomic E-state index is 3.81. The normalized spacial score (nSPS) is 50.8. The van der Waals surface area contributed by atoms with Crippen molar-refractivity contribution in [1.82, 2.24) is 10.2 Å². The van der Waals surface area contributed by atoms with Gasteiger partial charge in [0.05, 0.1) is 0 Å². The van der Waals surface area contributed by atoms with E-state index in [1.54, 1.807) is 0 Å². The summed E-state index contributed by atoms with van der Waals surface area (Å²) in [5.74, 6) is 2.98. The molecule has 3 aliphatic rings. The summed E-state index contributed by atoms with van der Waals surface area (Å²) in [4.78, 5) is 2.63. The maximum Gasteiger partial charge on any atom is 0.0120 e. The molecule has 0 amide bonds. The second-order valence-electron chi connectivity index (χ2n) is 5.63. The van der Waals surface area contributed by atoms with Crippen LogP contribution in [0.1, 0.15) is 26.2 Å². The molecule has 2 aliphatic heterocycles. The van der Waals surface area contributed by atoms with Gasteiger partial charge >= 0.3 is 0 Å². The van der Waals surface area contributed by atoms with Gasteiger partial charge in [0.15, 0.2) is 0 Å². The zero-order valence-corrected chi connectivity index (χ0v) is 9.21. The third-order valence-electron chi connectivity index (χ3n) is 4.55. The first-order valence-corrected chi connectivity index (χ1v) is 6.28. The highest BCUT2D eigenvalue weighted by Crippen LogP contribution is 2.37. The lowest BCUT2D eigenvalue weighted by Crippen LogP contribution is -2.44. The summed E-state index contributed by atoms with van der Waals surface area (Å²) >= 11 is 0. The van der Waals surface area contributed by atoms with Crippen LogP contribution in [0.25, 0.3) is 0 Å². The Morgan fingerprint density at radius 3 is 2.86 bits per heavy atom. The van der Waals surface area contributed by atoms with Crippen LogP contribution in [-0.2, 0) is 0 Å². The molecule has 0 aromatic rings. The van der Waals surface area contributed by atoms with E-state index < -0.39 is 0 Å². The van der Waals surface area contributed by atoms with Crippen LogP contribution in [0.4, 0.5) is 0 Å². The number of nitrogens with zero attached hydrogens (tertiary/aromatic N) is 1. The molecule has 3 fully saturated rings. The lowest BCUT2D eigenvalue weighted by molar-refractivity contribution is 0.220. The molecule has 0 aromatic carbocycles. The van der Waals surface area contributed by atoms with Gasteiger partial charge in [-0.3, -0.25) is 0 Å². The number of piperidine rings is 1. The molecule has 5 unspecified atom stereocenters. The van der Waals surface area contributed by atoms with Crippen LogP contribution in [0.5, 0.6) is 0 Å². The molecule has 0 spiro atoms. The van der Waals surface area contributed by atoms with Gasteiger partial charge in [-0.15, -0.1) is 0 Å². The van der Waals surface area contributed by atoms with Crippen LogP contribution >= 0.6 is 0 Å². The molecule has 2 bridgehead atoms. The molecule has 0 aromatic heterocycles. The Hall–Kier alpha value is -0.0800. The first-order valence-electron chi connectivity index (χ1n) is 6.28. The summed E-state index contributed by atoms with van der Waals surface area (Å²) in [5, 5.41) is 3.81. The lowest BCUT2D eigenvalue weighted by Gasteiger charge is -2.31. The molecule has 14 heavy (non-hydrogen) atoms. The van der Waals surface area contributed by atoms with Crippen LogP contribution in [0.15, 0.2) is 0 Å². The van der Waals surface area contributed by atoms with Crippen molar-refractivity contribution in [3.05, 3.63) is 0 Å². The van der Waals surface area contributed by atoms with Crippen molar-refractivity contribution in [2.75, 3.05) is 26.2 Å². The third-order valence-corrected chi connectivity index (χ3v) is 4.55. The van der Waals surface area contributed by atoms with Gasteiger partial charge in [-0.05, 0) is 56.7 Å². The molecule has 2 heterocycles. The quantitative estimate of drug-likeness (QED) is 0.729. The predicted octanol–water partition coefficient (Wildman–Crippen LogP) is 1.33. The molecule has 0 radical (unpaired) electrons. The van der Waals surface area contributed by atoms with Gasteiger partial charge in [0, 0.05) is 12.6 Å². The van der Waals surface area contributed by atoms with Gasteiger partial charge in [-0.25, -0.2) is 0 Å². The maximum absolute atomic E-state index is 3.81. The van der Waals surface area contributed by atoms with Crippen LogP contribution < -0.4 is 5.32 Å². The summed E-state index contributed by atoms with van der Waals surface area (Å²) in [6, 6.07) is 0.849. The molecule has 5 atom stereocenters. The molecule has 1 aliphatic carbocycles. The number of fused-ring (bicyclic) bond motifs is 2. The Morgan fingerprint density at radius 2 is 2.07 bits per heavy atom. The highest BCUT2D eigenvalue weighted by Gasteiger charge is 2.36. The van der Waals surface area contributed by atoms with E-state index in [9.17, 15) is 0 Å². The zero-order valence-electron chi connectivity index (χ0n) is 9.21. The van der Waals surface area contributed by atoms with Crippen molar-refractivity contribution < 1.29 is 0 Å². The Labute approximate surface area is 87.0 Å². The fourth-order valence-electron chi connectivity index (χ4n) is 3.21. The van der Waals surface area contributed by atoms with E-state index >= 15 is 0 Å². The first-order chi connectivity index (χ1) is 6.83. The van der Waals surface area contributed by atoms with Crippen molar-refractivity contribution in [3.8, 4) is 0 Å². The fraction of sp³-hybridized carbons (Fsp3) is 1.00. The van der Waals surface area contributed by atoms with Gasteiger partial charge in [0.1, 0.15) is 0 Å². The van der Waals surface area contributed by atoms with Crippen molar-refractivity contribution in [1.29, 1.82) is 0 Å². The van der Waals surface area contributed by atoms with Crippen molar-refractivity contribution in [2.24, 2.45) is 17.8 Å². The average molecular weight is 194 g/mol. The summed E-state index contributed by atoms with van der Waals surface area (Å²) in [7, 11) is 0. The molecule has 2 saturated heterocycles. The lowest BCUT2D eigenvalue weighted by atomic mass is 9.94. The SMILES string of the molecule is CC1CC1CNC1CCN2CCC1C2. The van der Waals surface area contributed by atoms with Crippen molar-refractivity contribution >= 4 is 0 Å². The van der Waals surface area contributed by atoms with Gasteiger partial charge in [0.25, 0.3) is 0 Å². The minimum absolute atomic E-state index is 0.849. The number of hydrogen-bond donors (Lipinski definition) is 1. The molecule has 1 N–H and O–H groups in total. The Bertz CT molecular complexity index is 216. The largest absolute Gasteiger partial charge is 0.313 e. The van der Waals surface area contributed by atoms with E-state index in [0.717, 1.165) is 23.8 Å². The van der Waals surface area contributed by atoms with Crippen molar-refractivity contribution in [2.45, 2.75) is 32.2 Å². The molecule has 80 valence electrons. The monoisotopic (exact) mass is 194 g/mol. The van der Waals surface area contributed by atoms with Crippen LogP contribution in [0, 0.1) is 17.8 Å². The summed E-state index contributed by atoms with van der Waals surface area (Å²) < 4.78 is 0. The van der Waals surface area contributed by atoms with E-state index in [1.807, 2.05) is 0 Å². The second-order valence-corrected chi connectivity index (χ2v) is 5.63. The van der Waals surface area contributed by atoms with Crippen molar-refractivity contribution in [3.63, 3.8) is 0 Å². The number of hydrogen-bond acceptors (Lipinski definition) is 2.